The molecule has 1 fully saturated rings. The molecule has 0 spiro atoms. The van der Waals surface area contributed by atoms with Crippen LogP contribution in [0.3, 0.4) is 0 Å². The first kappa shape index (κ1) is 20.2. The Balaban J connectivity index is 1.40. The number of thioether (sulfide) groups is 1. The molecule has 144 valence electrons. The van der Waals surface area contributed by atoms with Crippen molar-refractivity contribution in [3.8, 4) is 0 Å². The Morgan fingerprint density at radius 2 is 1.93 bits per heavy atom. The van der Waals surface area contributed by atoms with Crippen molar-refractivity contribution in [2.24, 2.45) is 5.92 Å². The summed E-state index contributed by atoms with van der Waals surface area (Å²) in [5, 5.41) is 3.86. The van der Waals surface area contributed by atoms with Gasteiger partial charge in [-0.3, -0.25) is 9.69 Å². The number of nitrogens with one attached hydrogen (secondary N) is 1. The van der Waals surface area contributed by atoms with E-state index in [0.29, 0.717) is 6.54 Å². The third-order valence-electron chi connectivity index (χ3n) is 4.89. The van der Waals surface area contributed by atoms with Crippen LogP contribution < -0.4 is 5.32 Å². The zero-order valence-electron chi connectivity index (χ0n) is 15.8. The molecule has 5 heteroatoms. The topological polar surface area (TPSA) is 32.3 Å². The molecule has 1 aliphatic heterocycles. The van der Waals surface area contributed by atoms with Crippen LogP contribution >= 0.6 is 23.4 Å². The van der Waals surface area contributed by atoms with E-state index in [-0.39, 0.29) is 11.8 Å². The lowest BCUT2D eigenvalue weighted by molar-refractivity contribution is -0.126. The van der Waals surface area contributed by atoms with Crippen molar-refractivity contribution in [3.63, 3.8) is 0 Å². The first-order valence-electron chi connectivity index (χ1n) is 9.54. The van der Waals surface area contributed by atoms with E-state index in [9.17, 15) is 4.79 Å². The number of rotatable bonds is 7. The number of carbonyl (C=O) groups is 1. The number of likely N-dealkylation sites (tertiary alicyclic amines) is 1. The second-order valence-electron chi connectivity index (χ2n) is 7.15. The summed E-state index contributed by atoms with van der Waals surface area (Å²) in [6, 6.07) is 16.5. The molecule has 1 amide bonds. The van der Waals surface area contributed by atoms with Crippen LogP contribution in [0.25, 0.3) is 0 Å². The minimum Gasteiger partial charge on any atom is -0.355 e. The number of halogens is 1. The molecule has 0 bridgehead atoms. The number of nitrogens with zero attached hydrogens (tertiary/aromatic N) is 1. The summed E-state index contributed by atoms with van der Waals surface area (Å²) in [5.74, 6) is 1.16. The molecular weight excluding hydrogens is 376 g/mol. The molecule has 27 heavy (non-hydrogen) atoms. The van der Waals surface area contributed by atoms with E-state index < -0.39 is 0 Å². The highest BCUT2D eigenvalue weighted by Crippen LogP contribution is 2.21. The van der Waals surface area contributed by atoms with Crippen LogP contribution in [0.2, 0.25) is 5.02 Å². The average Bonchev–Trinajstić information content (AvgIpc) is 2.68. The zero-order chi connectivity index (χ0) is 19.1. The Hall–Kier alpha value is -1.49. The molecule has 1 atom stereocenters. The van der Waals surface area contributed by atoms with Gasteiger partial charge in [-0.15, -0.1) is 11.8 Å². The Morgan fingerprint density at radius 3 is 2.67 bits per heavy atom. The minimum absolute atomic E-state index is 0.102. The van der Waals surface area contributed by atoms with Crippen molar-refractivity contribution in [1.82, 2.24) is 10.2 Å². The predicted molar refractivity (Wildman–Crippen MR) is 114 cm³/mol. The van der Waals surface area contributed by atoms with Crippen molar-refractivity contribution in [2.45, 2.75) is 31.2 Å². The second-order valence-corrected chi connectivity index (χ2v) is 8.76. The van der Waals surface area contributed by atoms with E-state index in [1.807, 2.05) is 24.3 Å². The van der Waals surface area contributed by atoms with Crippen LogP contribution in [0.5, 0.6) is 0 Å². The standard InChI is InChI=1S/C22H27ClN2OS/c1-17-4-6-18(7-5-17)15-25-13-2-3-19(16-25)22(26)24-12-14-27-21-10-8-20(23)9-11-21/h4-11,19H,2-3,12-16H2,1H3,(H,24,26). The SMILES string of the molecule is Cc1ccc(CN2CCCC(C(=O)NCCSc3ccc(Cl)cc3)C2)cc1. The normalized spacial score (nSPS) is 17.6. The number of amides is 1. The smallest absolute Gasteiger partial charge is 0.224 e. The largest absolute Gasteiger partial charge is 0.355 e. The van der Waals surface area contributed by atoms with Gasteiger partial charge in [-0.2, -0.15) is 0 Å². The van der Waals surface area contributed by atoms with Crippen molar-refractivity contribution in [2.75, 3.05) is 25.4 Å². The minimum atomic E-state index is 0.102. The third-order valence-corrected chi connectivity index (χ3v) is 6.15. The molecule has 1 aliphatic rings. The molecule has 1 saturated heterocycles. The molecule has 1 N–H and O–H groups in total. The van der Waals surface area contributed by atoms with E-state index in [2.05, 4.69) is 41.4 Å². The van der Waals surface area contributed by atoms with Crippen molar-refractivity contribution in [3.05, 3.63) is 64.7 Å². The summed E-state index contributed by atoms with van der Waals surface area (Å²) in [4.78, 5) is 16.1. The maximum Gasteiger partial charge on any atom is 0.224 e. The molecule has 0 saturated carbocycles. The van der Waals surface area contributed by atoms with E-state index in [0.717, 1.165) is 43.3 Å². The van der Waals surface area contributed by atoms with Gasteiger partial charge in [-0.25, -0.2) is 0 Å². The van der Waals surface area contributed by atoms with Gasteiger partial charge >= 0.3 is 0 Å². The lowest BCUT2D eigenvalue weighted by Crippen LogP contribution is -2.43. The summed E-state index contributed by atoms with van der Waals surface area (Å²) in [7, 11) is 0. The lowest BCUT2D eigenvalue weighted by atomic mass is 9.96. The summed E-state index contributed by atoms with van der Waals surface area (Å²) in [5.41, 5.74) is 2.60. The molecule has 2 aromatic rings. The highest BCUT2D eigenvalue weighted by molar-refractivity contribution is 7.99. The monoisotopic (exact) mass is 402 g/mol. The number of aryl methyl sites for hydroxylation is 1. The lowest BCUT2D eigenvalue weighted by Gasteiger charge is -2.32. The molecule has 1 heterocycles. The van der Waals surface area contributed by atoms with Crippen LogP contribution in [0, 0.1) is 12.8 Å². The van der Waals surface area contributed by atoms with E-state index in [4.69, 9.17) is 11.6 Å². The number of carbonyl (C=O) groups excluding carboxylic acids is 1. The number of hydrogen-bond donors (Lipinski definition) is 1. The van der Waals surface area contributed by atoms with Gasteiger partial charge in [-0.1, -0.05) is 41.4 Å². The third kappa shape index (κ3) is 6.56. The van der Waals surface area contributed by atoms with Gasteiger partial charge in [0.25, 0.3) is 0 Å². The molecule has 3 rings (SSSR count). The van der Waals surface area contributed by atoms with Crippen LogP contribution in [0.4, 0.5) is 0 Å². The van der Waals surface area contributed by atoms with Gasteiger partial charge in [0.1, 0.15) is 0 Å². The highest BCUT2D eigenvalue weighted by atomic mass is 35.5. The molecule has 2 aromatic carbocycles. The second kappa shape index (κ2) is 10.2. The van der Waals surface area contributed by atoms with Gasteiger partial charge in [-0.05, 0) is 56.1 Å². The highest BCUT2D eigenvalue weighted by Gasteiger charge is 2.25. The molecule has 0 aromatic heterocycles. The Morgan fingerprint density at radius 1 is 1.19 bits per heavy atom. The zero-order valence-corrected chi connectivity index (χ0v) is 17.4. The summed E-state index contributed by atoms with van der Waals surface area (Å²) in [6.07, 6.45) is 2.07. The quantitative estimate of drug-likeness (QED) is 0.534. The summed E-state index contributed by atoms with van der Waals surface area (Å²) >= 11 is 7.64. The Labute approximate surface area is 171 Å². The fourth-order valence-corrected chi connectivity index (χ4v) is 4.28. The van der Waals surface area contributed by atoms with Crippen molar-refractivity contribution < 1.29 is 4.79 Å². The first-order valence-corrected chi connectivity index (χ1v) is 10.9. The number of hydrogen-bond acceptors (Lipinski definition) is 3. The van der Waals surface area contributed by atoms with Crippen molar-refractivity contribution in [1.29, 1.82) is 0 Å². The van der Waals surface area contributed by atoms with E-state index in [1.165, 1.54) is 16.0 Å². The molecule has 3 nitrogen and oxygen atoms in total. The maximum absolute atomic E-state index is 12.5. The summed E-state index contributed by atoms with van der Waals surface area (Å²) < 4.78 is 0. The predicted octanol–water partition coefficient (Wildman–Crippen LogP) is 4.77. The molecular formula is C22H27ClN2OS. The van der Waals surface area contributed by atoms with Crippen LogP contribution in [0.1, 0.15) is 24.0 Å². The van der Waals surface area contributed by atoms with Gasteiger partial charge in [0.05, 0.1) is 5.92 Å². The van der Waals surface area contributed by atoms with Crippen LogP contribution in [-0.2, 0) is 11.3 Å². The summed E-state index contributed by atoms with van der Waals surface area (Å²) in [6.45, 7) is 5.65. The van der Waals surface area contributed by atoms with Crippen LogP contribution in [-0.4, -0.2) is 36.2 Å². The maximum atomic E-state index is 12.5. The van der Waals surface area contributed by atoms with Gasteiger partial charge < -0.3 is 5.32 Å². The first-order chi connectivity index (χ1) is 13.1. The Kier molecular flexibility index (Phi) is 7.62. The van der Waals surface area contributed by atoms with Gasteiger partial charge in [0, 0.05) is 35.3 Å². The van der Waals surface area contributed by atoms with E-state index >= 15 is 0 Å². The van der Waals surface area contributed by atoms with Crippen LogP contribution in [0.15, 0.2) is 53.4 Å². The average molecular weight is 403 g/mol. The fraction of sp³-hybridized carbons (Fsp3) is 0.409. The van der Waals surface area contributed by atoms with E-state index in [1.54, 1.807) is 11.8 Å². The molecule has 0 radical (unpaired) electrons. The van der Waals surface area contributed by atoms with Gasteiger partial charge in [0.2, 0.25) is 5.91 Å². The fourth-order valence-electron chi connectivity index (χ4n) is 3.38. The van der Waals surface area contributed by atoms with Crippen molar-refractivity contribution >= 4 is 29.3 Å². The van der Waals surface area contributed by atoms with Gasteiger partial charge in [0.15, 0.2) is 0 Å². The number of piperidine rings is 1. The Bertz CT molecular complexity index is 733. The molecule has 0 aliphatic carbocycles. The number of benzene rings is 2. The molecule has 1 unspecified atom stereocenters.